The van der Waals surface area contributed by atoms with Crippen LogP contribution in [0.1, 0.15) is 74.1 Å². The van der Waals surface area contributed by atoms with E-state index in [1.807, 2.05) is 55.5 Å². The molecule has 37 heavy (non-hydrogen) atoms. The van der Waals surface area contributed by atoms with E-state index in [1.165, 1.54) is 0 Å². The molecular weight excluding hydrogens is 464 g/mol. The SMILES string of the molecule is Cc1c(CCC(=O)O)cccc1NC(=O)[C@@H](c1ccc(-c2cncc(C(C)(C)O)c2)cc1)C1CCCC1. The second kappa shape index (κ2) is 11.3. The highest BCUT2D eigenvalue weighted by Gasteiger charge is 2.32. The number of rotatable bonds is 9. The Bertz CT molecular complexity index is 1250. The van der Waals surface area contributed by atoms with Crippen LogP contribution in [-0.4, -0.2) is 27.1 Å². The minimum atomic E-state index is -0.975. The lowest BCUT2D eigenvalue weighted by atomic mass is 9.83. The predicted molar refractivity (Wildman–Crippen MR) is 145 cm³/mol. The van der Waals surface area contributed by atoms with Gasteiger partial charge in [0.25, 0.3) is 0 Å². The maximum Gasteiger partial charge on any atom is 0.303 e. The fraction of sp³-hybridized carbons (Fsp3) is 0.387. The Morgan fingerprint density at radius 2 is 1.76 bits per heavy atom. The minimum Gasteiger partial charge on any atom is -0.481 e. The van der Waals surface area contributed by atoms with E-state index in [0.29, 0.717) is 6.42 Å². The monoisotopic (exact) mass is 500 g/mol. The second-order valence-electron chi connectivity index (χ2n) is 10.6. The molecule has 0 aliphatic heterocycles. The summed E-state index contributed by atoms with van der Waals surface area (Å²) in [6.07, 6.45) is 8.26. The van der Waals surface area contributed by atoms with Gasteiger partial charge in [0.15, 0.2) is 0 Å². The molecule has 1 atom stereocenters. The van der Waals surface area contributed by atoms with Gasteiger partial charge in [-0.2, -0.15) is 0 Å². The van der Waals surface area contributed by atoms with Gasteiger partial charge in [0, 0.05) is 35.6 Å². The Labute approximate surface area is 218 Å². The predicted octanol–water partition coefficient (Wildman–Crippen LogP) is 6.21. The molecule has 1 aromatic heterocycles. The number of benzene rings is 2. The van der Waals surface area contributed by atoms with E-state index in [4.69, 9.17) is 5.11 Å². The number of hydrogen-bond acceptors (Lipinski definition) is 4. The molecule has 0 radical (unpaired) electrons. The van der Waals surface area contributed by atoms with Gasteiger partial charge in [-0.3, -0.25) is 14.6 Å². The van der Waals surface area contributed by atoms with Crippen LogP contribution in [0, 0.1) is 12.8 Å². The van der Waals surface area contributed by atoms with Crippen LogP contribution < -0.4 is 5.32 Å². The number of anilines is 1. The maximum atomic E-state index is 13.7. The van der Waals surface area contributed by atoms with Gasteiger partial charge in [-0.1, -0.05) is 49.2 Å². The summed E-state index contributed by atoms with van der Waals surface area (Å²) in [7, 11) is 0. The summed E-state index contributed by atoms with van der Waals surface area (Å²) in [5, 5.41) is 22.6. The lowest BCUT2D eigenvalue weighted by Crippen LogP contribution is -2.27. The topological polar surface area (TPSA) is 99.5 Å². The van der Waals surface area contributed by atoms with Crippen LogP contribution in [0.3, 0.4) is 0 Å². The largest absolute Gasteiger partial charge is 0.481 e. The van der Waals surface area contributed by atoms with Crippen molar-refractivity contribution < 1.29 is 19.8 Å². The van der Waals surface area contributed by atoms with E-state index < -0.39 is 11.6 Å². The molecule has 0 bridgehead atoms. The Kier molecular flexibility index (Phi) is 8.08. The molecule has 0 unspecified atom stereocenters. The molecule has 0 saturated heterocycles. The van der Waals surface area contributed by atoms with E-state index in [2.05, 4.69) is 10.3 Å². The van der Waals surface area contributed by atoms with E-state index in [0.717, 1.165) is 64.8 Å². The van der Waals surface area contributed by atoms with Gasteiger partial charge in [0.1, 0.15) is 0 Å². The highest BCUT2D eigenvalue weighted by Crippen LogP contribution is 2.39. The molecule has 1 fully saturated rings. The Hall–Kier alpha value is -3.51. The van der Waals surface area contributed by atoms with Gasteiger partial charge < -0.3 is 15.5 Å². The average molecular weight is 501 g/mol. The first-order chi connectivity index (χ1) is 17.6. The third kappa shape index (κ3) is 6.44. The molecule has 1 aliphatic carbocycles. The third-order valence-electron chi connectivity index (χ3n) is 7.51. The molecule has 6 heteroatoms. The first-order valence-electron chi connectivity index (χ1n) is 13.0. The molecule has 0 spiro atoms. The standard InChI is InChI=1S/C31H36N2O4/c1-20-21(15-16-28(34)35)9-6-10-27(20)33-30(36)29(23-7-4-5-8-23)24-13-11-22(12-14-24)25-17-26(19-32-18-25)31(2,3)37/h6,9-14,17-19,23,29,37H,4-5,7-8,15-16H2,1-3H3,(H,33,36)(H,34,35)/t29-/m1/s1. The number of pyridine rings is 1. The highest BCUT2D eigenvalue weighted by molar-refractivity contribution is 5.97. The van der Waals surface area contributed by atoms with Crippen LogP contribution in [0.4, 0.5) is 5.69 Å². The summed E-state index contributed by atoms with van der Waals surface area (Å²) < 4.78 is 0. The van der Waals surface area contributed by atoms with Crippen molar-refractivity contribution in [3.8, 4) is 11.1 Å². The number of carbonyl (C=O) groups is 2. The van der Waals surface area contributed by atoms with Crippen molar-refractivity contribution in [2.24, 2.45) is 5.92 Å². The van der Waals surface area contributed by atoms with Gasteiger partial charge in [-0.25, -0.2) is 0 Å². The molecule has 3 N–H and O–H groups in total. The molecule has 6 nitrogen and oxygen atoms in total. The van der Waals surface area contributed by atoms with Crippen LogP contribution in [0.25, 0.3) is 11.1 Å². The van der Waals surface area contributed by atoms with Crippen LogP contribution >= 0.6 is 0 Å². The molecule has 1 saturated carbocycles. The molecule has 2 aromatic carbocycles. The number of carboxylic acids is 1. The fourth-order valence-corrected chi connectivity index (χ4v) is 5.29. The summed E-state index contributed by atoms with van der Waals surface area (Å²) in [4.78, 5) is 29.0. The lowest BCUT2D eigenvalue weighted by molar-refractivity contribution is -0.137. The van der Waals surface area contributed by atoms with Crippen molar-refractivity contribution in [2.75, 3.05) is 5.32 Å². The summed E-state index contributed by atoms with van der Waals surface area (Å²) >= 11 is 0. The van der Waals surface area contributed by atoms with Crippen LogP contribution in [0.2, 0.25) is 0 Å². The van der Waals surface area contributed by atoms with Gasteiger partial charge >= 0.3 is 5.97 Å². The molecular formula is C31H36N2O4. The van der Waals surface area contributed by atoms with Crippen molar-refractivity contribution in [3.63, 3.8) is 0 Å². The number of hydrogen-bond donors (Lipinski definition) is 3. The van der Waals surface area contributed by atoms with Gasteiger partial charge in [-0.15, -0.1) is 0 Å². The average Bonchev–Trinajstić information content (AvgIpc) is 3.39. The van der Waals surface area contributed by atoms with Crippen molar-refractivity contribution in [3.05, 3.63) is 83.2 Å². The van der Waals surface area contributed by atoms with E-state index in [-0.39, 0.29) is 24.2 Å². The zero-order chi connectivity index (χ0) is 26.6. The number of aliphatic hydroxyl groups is 1. The molecule has 3 aromatic rings. The minimum absolute atomic E-state index is 0.0242. The van der Waals surface area contributed by atoms with Gasteiger partial charge in [-0.05, 0) is 80.3 Å². The normalized spacial score (nSPS) is 14.9. The number of carbonyl (C=O) groups excluding carboxylic acids is 1. The number of aliphatic carboxylic acids is 1. The third-order valence-corrected chi connectivity index (χ3v) is 7.51. The Balaban J connectivity index is 1.58. The summed E-state index contributed by atoms with van der Waals surface area (Å²) in [6.45, 7) is 5.42. The number of carboxylic acid groups (broad SMARTS) is 1. The van der Waals surface area contributed by atoms with Gasteiger partial charge in [0.2, 0.25) is 5.91 Å². The van der Waals surface area contributed by atoms with Gasteiger partial charge in [0.05, 0.1) is 11.5 Å². The van der Waals surface area contributed by atoms with E-state index in [1.54, 1.807) is 26.2 Å². The number of nitrogens with zero attached hydrogens (tertiary/aromatic N) is 1. The quantitative estimate of drug-likeness (QED) is 0.324. The fourth-order valence-electron chi connectivity index (χ4n) is 5.29. The molecule has 194 valence electrons. The number of nitrogens with one attached hydrogen (secondary N) is 1. The van der Waals surface area contributed by atoms with Crippen molar-refractivity contribution in [1.82, 2.24) is 4.98 Å². The number of aryl methyl sites for hydroxylation is 1. The van der Waals surface area contributed by atoms with Crippen LogP contribution in [-0.2, 0) is 21.6 Å². The number of aromatic nitrogens is 1. The zero-order valence-electron chi connectivity index (χ0n) is 21.8. The molecule has 1 aliphatic rings. The first-order valence-corrected chi connectivity index (χ1v) is 13.0. The van der Waals surface area contributed by atoms with Crippen molar-refractivity contribution in [2.45, 2.75) is 70.8 Å². The summed E-state index contributed by atoms with van der Waals surface area (Å²) in [5.41, 5.74) is 5.25. The van der Waals surface area contributed by atoms with E-state index in [9.17, 15) is 14.7 Å². The Morgan fingerprint density at radius 1 is 1.05 bits per heavy atom. The second-order valence-corrected chi connectivity index (χ2v) is 10.6. The summed E-state index contributed by atoms with van der Waals surface area (Å²) in [5.74, 6) is -0.842. The number of amides is 1. The summed E-state index contributed by atoms with van der Waals surface area (Å²) in [6, 6.07) is 15.7. The zero-order valence-corrected chi connectivity index (χ0v) is 21.8. The lowest BCUT2D eigenvalue weighted by Gasteiger charge is -2.24. The van der Waals surface area contributed by atoms with Crippen LogP contribution in [0.15, 0.2) is 60.9 Å². The van der Waals surface area contributed by atoms with Crippen molar-refractivity contribution in [1.29, 1.82) is 0 Å². The molecule has 1 heterocycles. The highest BCUT2D eigenvalue weighted by atomic mass is 16.4. The van der Waals surface area contributed by atoms with Crippen LogP contribution in [0.5, 0.6) is 0 Å². The molecule has 4 rings (SSSR count). The van der Waals surface area contributed by atoms with E-state index >= 15 is 0 Å². The Morgan fingerprint density at radius 3 is 2.41 bits per heavy atom. The molecule has 1 amide bonds. The smallest absolute Gasteiger partial charge is 0.303 e. The van der Waals surface area contributed by atoms with Crippen molar-refractivity contribution >= 4 is 17.6 Å². The first kappa shape index (κ1) is 26.6. The maximum absolute atomic E-state index is 13.7.